The summed E-state index contributed by atoms with van der Waals surface area (Å²) < 4.78 is 28.4. The summed E-state index contributed by atoms with van der Waals surface area (Å²) in [4.78, 5) is 4.52. The first-order chi connectivity index (χ1) is 15.0. The second-order valence-electron chi connectivity index (χ2n) is 6.59. The van der Waals surface area contributed by atoms with Crippen molar-refractivity contribution in [2.45, 2.75) is 0 Å². The van der Waals surface area contributed by atoms with Crippen LogP contribution in [0.2, 0.25) is 0 Å². The van der Waals surface area contributed by atoms with Gasteiger partial charge in [0.2, 0.25) is 11.6 Å². The summed E-state index contributed by atoms with van der Waals surface area (Å²) in [6.07, 6.45) is 0. The molecular weight excluding hydrogens is 466 g/mol. The minimum absolute atomic E-state index is 0.0426. The highest BCUT2D eigenvalue weighted by Crippen LogP contribution is 2.45. The van der Waals surface area contributed by atoms with Gasteiger partial charge in [-0.25, -0.2) is 4.98 Å². The molecule has 0 saturated heterocycles. The Kier molecular flexibility index (Phi) is 5.65. The SMILES string of the molecule is COc1cc(Br)cc(-c2nc3ccc(-c4ccc(OC)c(OC)c4OC)cc3o2)c1O. The van der Waals surface area contributed by atoms with E-state index in [0.29, 0.717) is 39.7 Å². The molecule has 0 bridgehead atoms. The summed E-state index contributed by atoms with van der Waals surface area (Å²) in [7, 11) is 6.20. The van der Waals surface area contributed by atoms with Crippen molar-refractivity contribution < 1.29 is 28.5 Å². The Hall–Kier alpha value is -3.39. The molecule has 8 heteroatoms. The third kappa shape index (κ3) is 3.63. The highest BCUT2D eigenvalue weighted by molar-refractivity contribution is 9.10. The van der Waals surface area contributed by atoms with Gasteiger partial charge < -0.3 is 28.5 Å². The molecule has 4 aromatic rings. The number of phenolic OH excluding ortho intramolecular Hbond substituents is 1. The smallest absolute Gasteiger partial charge is 0.231 e. The first kappa shape index (κ1) is 20.9. The molecule has 1 N–H and O–H groups in total. The molecule has 0 atom stereocenters. The number of oxazole rings is 1. The summed E-state index contributed by atoms with van der Waals surface area (Å²) >= 11 is 3.42. The number of ether oxygens (including phenoxy) is 4. The van der Waals surface area contributed by atoms with Crippen LogP contribution in [0.3, 0.4) is 0 Å². The molecule has 0 aliphatic carbocycles. The molecule has 1 heterocycles. The highest BCUT2D eigenvalue weighted by Gasteiger charge is 2.20. The number of phenols is 1. The van der Waals surface area contributed by atoms with Crippen molar-refractivity contribution in [2.75, 3.05) is 28.4 Å². The van der Waals surface area contributed by atoms with Crippen LogP contribution in [0.15, 0.2) is 51.4 Å². The molecule has 0 fully saturated rings. The largest absolute Gasteiger partial charge is 0.504 e. The molecule has 1 aromatic heterocycles. The van der Waals surface area contributed by atoms with E-state index >= 15 is 0 Å². The minimum Gasteiger partial charge on any atom is -0.504 e. The van der Waals surface area contributed by atoms with Crippen LogP contribution in [0.4, 0.5) is 0 Å². The number of fused-ring (bicyclic) bond motifs is 1. The van der Waals surface area contributed by atoms with Gasteiger partial charge >= 0.3 is 0 Å². The van der Waals surface area contributed by atoms with Crippen molar-refractivity contribution in [3.05, 3.63) is 46.9 Å². The number of methoxy groups -OCH3 is 4. The van der Waals surface area contributed by atoms with Gasteiger partial charge in [0.25, 0.3) is 0 Å². The molecular formula is C23H20BrNO6. The van der Waals surface area contributed by atoms with Crippen molar-refractivity contribution in [1.29, 1.82) is 0 Å². The molecule has 31 heavy (non-hydrogen) atoms. The Labute approximate surface area is 187 Å². The predicted molar refractivity (Wildman–Crippen MR) is 120 cm³/mol. The Bertz CT molecular complexity index is 1270. The van der Waals surface area contributed by atoms with E-state index < -0.39 is 0 Å². The lowest BCUT2D eigenvalue weighted by molar-refractivity contribution is 0.325. The molecule has 3 aromatic carbocycles. The van der Waals surface area contributed by atoms with E-state index in [-0.39, 0.29) is 11.6 Å². The highest BCUT2D eigenvalue weighted by atomic mass is 79.9. The van der Waals surface area contributed by atoms with Gasteiger partial charge in [0.05, 0.1) is 34.0 Å². The third-order valence-corrected chi connectivity index (χ3v) is 5.35. The van der Waals surface area contributed by atoms with Crippen molar-refractivity contribution in [1.82, 2.24) is 4.98 Å². The van der Waals surface area contributed by atoms with Crippen LogP contribution in [0.25, 0.3) is 33.7 Å². The molecule has 0 unspecified atom stereocenters. The van der Waals surface area contributed by atoms with Crippen molar-refractivity contribution in [2.24, 2.45) is 0 Å². The zero-order valence-electron chi connectivity index (χ0n) is 17.4. The number of aromatic nitrogens is 1. The molecule has 0 aliphatic heterocycles. The van der Waals surface area contributed by atoms with Gasteiger partial charge in [-0.1, -0.05) is 22.0 Å². The van der Waals surface area contributed by atoms with Crippen LogP contribution < -0.4 is 18.9 Å². The van der Waals surface area contributed by atoms with Crippen molar-refractivity contribution in [3.63, 3.8) is 0 Å². The fraction of sp³-hybridized carbons (Fsp3) is 0.174. The molecule has 160 valence electrons. The van der Waals surface area contributed by atoms with E-state index in [2.05, 4.69) is 20.9 Å². The Morgan fingerprint density at radius 3 is 2.23 bits per heavy atom. The van der Waals surface area contributed by atoms with Crippen LogP contribution in [-0.4, -0.2) is 38.5 Å². The summed E-state index contributed by atoms with van der Waals surface area (Å²) in [6.45, 7) is 0. The molecule has 4 rings (SSSR count). The van der Waals surface area contributed by atoms with Gasteiger partial charge in [-0.15, -0.1) is 0 Å². The molecule has 0 saturated carbocycles. The maximum absolute atomic E-state index is 10.5. The average molecular weight is 486 g/mol. The van der Waals surface area contributed by atoms with Gasteiger partial charge in [-0.3, -0.25) is 0 Å². The van der Waals surface area contributed by atoms with E-state index in [4.69, 9.17) is 23.4 Å². The fourth-order valence-electron chi connectivity index (χ4n) is 3.43. The summed E-state index contributed by atoms with van der Waals surface area (Å²) in [6, 6.07) is 12.7. The fourth-order valence-corrected chi connectivity index (χ4v) is 3.87. The van der Waals surface area contributed by atoms with E-state index in [1.165, 1.54) is 7.11 Å². The normalized spacial score (nSPS) is 10.9. The number of halogens is 1. The zero-order chi connectivity index (χ0) is 22.1. The maximum atomic E-state index is 10.5. The number of hydrogen-bond donors (Lipinski definition) is 1. The number of aromatic hydroxyl groups is 1. The molecule has 0 radical (unpaired) electrons. The Morgan fingerprint density at radius 1 is 0.806 bits per heavy atom. The zero-order valence-corrected chi connectivity index (χ0v) is 18.9. The monoisotopic (exact) mass is 485 g/mol. The summed E-state index contributed by atoms with van der Waals surface area (Å²) in [5, 5.41) is 10.5. The number of hydrogen-bond acceptors (Lipinski definition) is 7. The third-order valence-electron chi connectivity index (χ3n) is 4.89. The number of rotatable bonds is 6. The lowest BCUT2D eigenvalue weighted by Crippen LogP contribution is -1.96. The van der Waals surface area contributed by atoms with Gasteiger partial charge in [0, 0.05) is 10.0 Å². The van der Waals surface area contributed by atoms with Crippen LogP contribution in [-0.2, 0) is 0 Å². The van der Waals surface area contributed by atoms with E-state index in [1.54, 1.807) is 33.5 Å². The minimum atomic E-state index is -0.0426. The molecule has 0 spiro atoms. The van der Waals surface area contributed by atoms with Gasteiger partial charge in [-0.2, -0.15) is 0 Å². The van der Waals surface area contributed by atoms with Crippen LogP contribution in [0, 0.1) is 0 Å². The quantitative estimate of drug-likeness (QED) is 0.376. The molecule has 0 aliphatic rings. The van der Waals surface area contributed by atoms with Gasteiger partial charge in [0.1, 0.15) is 5.52 Å². The second-order valence-corrected chi connectivity index (χ2v) is 7.50. The molecule has 7 nitrogen and oxygen atoms in total. The van der Waals surface area contributed by atoms with Gasteiger partial charge in [-0.05, 0) is 42.0 Å². The van der Waals surface area contributed by atoms with Crippen LogP contribution in [0.1, 0.15) is 0 Å². The Balaban J connectivity index is 1.84. The average Bonchev–Trinajstić information content (AvgIpc) is 3.22. The predicted octanol–water partition coefficient (Wildman–Crippen LogP) is 5.66. The summed E-state index contributed by atoms with van der Waals surface area (Å²) in [5.74, 6) is 2.19. The first-order valence-electron chi connectivity index (χ1n) is 9.27. The number of benzene rings is 3. The van der Waals surface area contributed by atoms with Crippen molar-refractivity contribution in [3.8, 4) is 51.3 Å². The van der Waals surface area contributed by atoms with Crippen LogP contribution in [0.5, 0.6) is 28.7 Å². The lowest BCUT2D eigenvalue weighted by atomic mass is 10.0. The second kappa shape index (κ2) is 8.39. The molecule has 0 amide bonds. The maximum Gasteiger partial charge on any atom is 0.231 e. The first-order valence-corrected chi connectivity index (χ1v) is 10.1. The van der Waals surface area contributed by atoms with Crippen LogP contribution >= 0.6 is 15.9 Å². The lowest BCUT2D eigenvalue weighted by Gasteiger charge is -2.15. The van der Waals surface area contributed by atoms with Crippen molar-refractivity contribution >= 4 is 27.0 Å². The number of nitrogens with zero attached hydrogens (tertiary/aromatic N) is 1. The standard InChI is InChI=1S/C23H20BrNO6/c1-27-17-8-6-14(21(29-3)22(17)30-4)12-5-7-16-18(9-12)31-23(25-16)15-10-13(24)11-19(28-2)20(15)26/h5-11,26H,1-4H3. The van der Waals surface area contributed by atoms with E-state index in [9.17, 15) is 5.11 Å². The van der Waals surface area contributed by atoms with E-state index in [0.717, 1.165) is 15.6 Å². The summed E-state index contributed by atoms with van der Waals surface area (Å²) in [5.41, 5.74) is 3.29. The topological polar surface area (TPSA) is 83.2 Å². The van der Waals surface area contributed by atoms with E-state index in [1.807, 2.05) is 30.3 Å². The Morgan fingerprint density at radius 2 is 1.55 bits per heavy atom. The van der Waals surface area contributed by atoms with Gasteiger partial charge in [0.15, 0.2) is 28.6 Å².